The number of pyridine rings is 2. The summed E-state index contributed by atoms with van der Waals surface area (Å²) < 4.78 is 15.3. The maximum Gasteiger partial charge on any atom is 0.164 e. The van der Waals surface area contributed by atoms with Crippen LogP contribution in [0, 0.1) is 17.1 Å². The highest BCUT2D eigenvalue weighted by atomic mass is 19.1. The minimum Gasteiger partial charge on any atom is -0.275 e. The molecule has 0 saturated heterocycles. The third-order valence-corrected chi connectivity index (χ3v) is 3.31. The fourth-order valence-electron chi connectivity index (χ4n) is 2.46. The van der Waals surface area contributed by atoms with Crippen molar-refractivity contribution in [3.63, 3.8) is 0 Å². The molecule has 1 aromatic carbocycles. The molecule has 0 aliphatic carbocycles. The molecular weight excluding hydrogens is 255 g/mol. The summed E-state index contributed by atoms with van der Waals surface area (Å²) in [6.07, 6.45) is 1.65. The van der Waals surface area contributed by atoms with Gasteiger partial charge in [0.05, 0.1) is 11.1 Å². The Bertz CT molecular complexity index is 1030. The van der Waals surface area contributed by atoms with Crippen LogP contribution < -0.4 is 0 Å². The van der Waals surface area contributed by atoms with E-state index in [-0.39, 0.29) is 5.82 Å². The minimum atomic E-state index is -0.332. The summed E-state index contributed by atoms with van der Waals surface area (Å²) in [5, 5.41) is 10.1. The zero-order valence-corrected chi connectivity index (χ0v) is 10.2. The molecule has 5 heteroatoms. The molecule has 0 fully saturated rings. The Labute approximate surface area is 112 Å². The molecule has 0 unspecified atom stereocenters. The Hall–Kier alpha value is -3.00. The monoisotopic (exact) mass is 262 g/mol. The number of hydrogen-bond acceptors (Lipinski definition) is 3. The fraction of sp³-hybridized carbons (Fsp3) is 0. The van der Waals surface area contributed by atoms with E-state index in [1.807, 2.05) is 6.07 Å². The van der Waals surface area contributed by atoms with Crippen molar-refractivity contribution >= 4 is 27.7 Å². The second-order valence-corrected chi connectivity index (χ2v) is 4.49. The molecule has 0 aliphatic rings. The van der Waals surface area contributed by atoms with Crippen molar-refractivity contribution in [3.05, 3.63) is 54.0 Å². The lowest BCUT2D eigenvalue weighted by molar-refractivity contribution is 0.629. The molecule has 0 N–H and O–H groups in total. The lowest BCUT2D eigenvalue weighted by Gasteiger charge is -2.04. The van der Waals surface area contributed by atoms with Gasteiger partial charge in [-0.3, -0.25) is 4.40 Å². The van der Waals surface area contributed by atoms with Gasteiger partial charge >= 0.3 is 0 Å². The van der Waals surface area contributed by atoms with Gasteiger partial charge in [0, 0.05) is 11.6 Å². The molecule has 0 aliphatic heterocycles. The van der Waals surface area contributed by atoms with Gasteiger partial charge in [0.25, 0.3) is 0 Å². The van der Waals surface area contributed by atoms with Crippen LogP contribution in [0.15, 0.2) is 42.6 Å². The number of benzene rings is 1. The number of fused-ring (bicyclic) bond motifs is 5. The van der Waals surface area contributed by atoms with Gasteiger partial charge in [-0.1, -0.05) is 0 Å². The average molecular weight is 262 g/mol. The second kappa shape index (κ2) is 3.75. The highest BCUT2D eigenvalue weighted by Gasteiger charge is 2.13. The van der Waals surface area contributed by atoms with Crippen LogP contribution in [0.25, 0.3) is 27.7 Å². The first-order chi connectivity index (χ1) is 9.78. The highest BCUT2D eigenvalue weighted by molar-refractivity contribution is 5.91. The molecule has 3 aromatic heterocycles. The first-order valence-electron chi connectivity index (χ1n) is 6.03. The van der Waals surface area contributed by atoms with E-state index in [9.17, 15) is 9.65 Å². The van der Waals surface area contributed by atoms with E-state index in [0.29, 0.717) is 27.9 Å². The number of halogens is 1. The molecular formula is C15H7FN4. The molecule has 20 heavy (non-hydrogen) atoms. The zero-order chi connectivity index (χ0) is 13.7. The molecule has 94 valence electrons. The van der Waals surface area contributed by atoms with Gasteiger partial charge < -0.3 is 0 Å². The number of nitriles is 1. The third-order valence-electron chi connectivity index (χ3n) is 3.31. The molecule has 0 atom stereocenters. The second-order valence-electron chi connectivity index (χ2n) is 4.49. The van der Waals surface area contributed by atoms with Crippen LogP contribution in [-0.4, -0.2) is 14.4 Å². The first kappa shape index (κ1) is 10.9. The fourth-order valence-corrected chi connectivity index (χ4v) is 2.46. The summed E-state index contributed by atoms with van der Waals surface area (Å²) in [5.74, 6) is -0.332. The summed E-state index contributed by atoms with van der Waals surface area (Å²) >= 11 is 0. The van der Waals surface area contributed by atoms with E-state index in [1.165, 1.54) is 12.1 Å². The quantitative estimate of drug-likeness (QED) is 0.489. The normalized spacial score (nSPS) is 11.2. The van der Waals surface area contributed by atoms with E-state index in [4.69, 9.17) is 0 Å². The summed E-state index contributed by atoms with van der Waals surface area (Å²) in [5.41, 5.74) is 2.90. The summed E-state index contributed by atoms with van der Waals surface area (Å²) in [4.78, 5) is 8.71. The average Bonchev–Trinajstić information content (AvgIpc) is 2.86. The van der Waals surface area contributed by atoms with Crippen LogP contribution in [0.4, 0.5) is 4.39 Å². The molecule has 0 amide bonds. The van der Waals surface area contributed by atoms with Gasteiger partial charge in [0.1, 0.15) is 17.4 Å². The molecule has 0 radical (unpaired) electrons. The predicted octanol–water partition coefficient (Wildman–Crippen LogP) is 3.05. The van der Waals surface area contributed by atoms with E-state index in [0.717, 1.165) is 5.39 Å². The lowest BCUT2D eigenvalue weighted by Crippen LogP contribution is -1.94. The first-order valence-corrected chi connectivity index (χ1v) is 6.03. The predicted molar refractivity (Wildman–Crippen MR) is 72.7 cm³/mol. The van der Waals surface area contributed by atoms with Crippen LogP contribution in [0.2, 0.25) is 0 Å². The van der Waals surface area contributed by atoms with Crippen LogP contribution in [0.3, 0.4) is 0 Å². The largest absolute Gasteiger partial charge is 0.275 e. The SMILES string of the molecule is N#Cc1cc2ccc(F)cc2n2c1nc1cccnc12. The molecule has 0 bridgehead atoms. The van der Waals surface area contributed by atoms with Crippen molar-refractivity contribution in [1.82, 2.24) is 14.4 Å². The molecule has 3 heterocycles. The van der Waals surface area contributed by atoms with E-state index >= 15 is 0 Å². The Kier molecular flexibility index (Phi) is 2.04. The molecule has 0 saturated carbocycles. The lowest BCUT2D eigenvalue weighted by atomic mass is 10.1. The molecule has 4 rings (SSSR count). The van der Waals surface area contributed by atoms with Gasteiger partial charge in [0.2, 0.25) is 0 Å². The van der Waals surface area contributed by atoms with Crippen molar-refractivity contribution in [2.75, 3.05) is 0 Å². The van der Waals surface area contributed by atoms with Crippen LogP contribution >= 0.6 is 0 Å². The topological polar surface area (TPSA) is 54.0 Å². The molecule has 4 nitrogen and oxygen atoms in total. The minimum absolute atomic E-state index is 0.332. The van der Waals surface area contributed by atoms with Gasteiger partial charge in [-0.15, -0.1) is 0 Å². The summed E-state index contributed by atoms with van der Waals surface area (Å²) in [7, 11) is 0. The van der Waals surface area contributed by atoms with Crippen molar-refractivity contribution in [3.8, 4) is 6.07 Å². The summed E-state index contributed by atoms with van der Waals surface area (Å²) in [6, 6.07) is 11.9. The number of nitrogens with zero attached hydrogens (tertiary/aromatic N) is 4. The van der Waals surface area contributed by atoms with Crippen LogP contribution in [0.1, 0.15) is 5.56 Å². The van der Waals surface area contributed by atoms with Crippen molar-refractivity contribution in [2.24, 2.45) is 0 Å². The zero-order valence-electron chi connectivity index (χ0n) is 10.2. The number of rotatable bonds is 0. The van der Waals surface area contributed by atoms with Crippen molar-refractivity contribution < 1.29 is 4.39 Å². The van der Waals surface area contributed by atoms with E-state index < -0.39 is 0 Å². The Balaban J connectivity index is 2.39. The van der Waals surface area contributed by atoms with Crippen molar-refractivity contribution in [1.29, 1.82) is 5.26 Å². The van der Waals surface area contributed by atoms with Gasteiger partial charge in [-0.2, -0.15) is 5.26 Å². The standard InChI is InChI=1S/C15H7FN4/c16-11-4-3-9-6-10(8-17)14-19-12-2-1-5-18-15(12)20(14)13(9)7-11/h1-7H. The Morgan fingerprint density at radius 1 is 1.15 bits per heavy atom. The Morgan fingerprint density at radius 2 is 2.05 bits per heavy atom. The molecule has 0 spiro atoms. The highest BCUT2D eigenvalue weighted by Crippen LogP contribution is 2.25. The smallest absolute Gasteiger partial charge is 0.164 e. The summed E-state index contributed by atoms with van der Waals surface area (Å²) in [6.45, 7) is 0. The van der Waals surface area contributed by atoms with Gasteiger partial charge in [0.15, 0.2) is 11.3 Å². The van der Waals surface area contributed by atoms with E-state index in [1.54, 1.807) is 28.8 Å². The number of aromatic nitrogens is 3. The van der Waals surface area contributed by atoms with Gasteiger partial charge in [-0.25, -0.2) is 14.4 Å². The molecule has 4 aromatic rings. The number of imidazole rings is 1. The van der Waals surface area contributed by atoms with Gasteiger partial charge in [-0.05, 0) is 36.4 Å². The number of hydrogen-bond donors (Lipinski definition) is 0. The maximum atomic E-state index is 13.5. The Morgan fingerprint density at radius 3 is 2.90 bits per heavy atom. The van der Waals surface area contributed by atoms with Crippen LogP contribution in [0.5, 0.6) is 0 Å². The maximum absolute atomic E-state index is 13.5. The van der Waals surface area contributed by atoms with E-state index in [2.05, 4.69) is 16.0 Å². The van der Waals surface area contributed by atoms with Crippen molar-refractivity contribution in [2.45, 2.75) is 0 Å². The third kappa shape index (κ3) is 1.33. The van der Waals surface area contributed by atoms with Crippen LogP contribution in [-0.2, 0) is 0 Å².